The molecular weight excluding hydrogens is 274 g/mol. The van der Waals surface area contributed by atoms with Gasteiger partial charge in [-0.1, -0.05) is 38.1 Å². The van der Waals surface area contributed by atoms with Gasteiger partial charge >= 0.3 is 0 Å². The van der Waals surface area contributed by atoms with E-state index < -0.39 is 0 Å². The summed E-state index contributed by atoms with van der Waals surface area (Å²) in [7, 11) is 0. The van der Waals surface area contributed by atoms with E-state index in [1.807, 2.05) is 24.4 Å². The number of hydrogen-bond acceptors (Lipinski definition) is 3. The third kappa shape index (κ3) is 4.10. The van der Waals surface area contributed by atoms with E-state index in [9.17, 15) is 5.11 Å². The maximum atomic E-state index is 9.25. The molecule has 1 unspecified atom stereocenters. The Balaban J connectivity index is 2.06. The lowest BCUT2D eigenvalue weighted by Crippen LogP contribution is -2.09. The Kier molecular flexibility index (Phi) is 5.61. The number of aliphatic hydroxyl groups excluding tert-OH is 1. The second kappa shape index (κ2) is 7.45. The molecule has 0 spiro atoms. The predicted octanol–water partition coefficient (Wildman–Crippen LogP) is 3.90. The van der Waals surface area contributed by atoms with Crippen molar-refractivity contribution in [2.45, 2.75) is 53.3 Å². The molecule has 1 heterocycles. The van der Waals surface area contributed by atoms with Crippen molar-refractivity contribution < 1.29 is 5.11 Å². The summed E-state index contributed by atoms with van der Waals surface area (Å²) in [5.74, 6) is 0.681. The highest BCUT2D eigenvalue weighted by Gasteiger charge is 2.11. The lowest BCUT2D eigenvalue weighted by atomic mass is 10.1. The molecule has 22 heavy (non-hydrogen) atoms. The zero-order chi connectivity index (χ0) is 16.1. The monoisotopic (exact) mass is 301 g/mol. The summed E-state index contributed by atoms with van der Waals surface area (Å²) < 4.78 is 2.07. The van der Waals surface area contributed by atoms with Crippen LogP contribution in [0.2, 0.25) is 0 Å². The van der Waals surface area contributed by atoms with Gasteiger partial charge in [0.1, 0.15) is 0 Å². The van der Waals surface area contributed by atoms with E-state index in [-0.39, 0.29) is 12.6 Å². The van der Waals surface area contributed by atoms with E-state index in [4.69, 9.17) is 0 Å². The first-order valence-corrected chi connectivity index (χ1v) is 8.00. The van der Waals surface area contributed by atoms with Gasteiger partial charge in [-0.25, -0.2) is 0 Å². The van der Waals surface area contributed by atoms with Crippen molar-refractivity contribution >= 4 is 5.69 Å². The molecule has 120 valence electrons. The SMILES string of the molecule is Cc1c(NC(C)c2cccc(CO)c2)cnn1CCC(C)C. The predicted molar refractivity (Wildman–Crippen MR) is 90.8 cm³/mol. The van der Waals surface area contributed by atoms with Crippen LogP contribution in [0.15, 0.2) is 30.5 Å². The zero-order valence-corrected chi connectivity index (χ0v) is 14.0. The number of rotatable bonds is 7. The van der Waals surface area contributed by atoms with Crippen LogP contribution in [0, 0.1) is 12.8 Å². The molecule has 0 aliphatic carbocycles. The van der Waals surface area contributed by atoms with Gasteiger partial charge in [-0.3, -0.25) is 4.68 Å². The van der Waals surface area contributed by atoms with Crippen LogP contribution < -0.4 is 5.32 Å². The van der Waals surface area contributed by atoms with Gasteiger partial charge in [-0.2, -0.15) is 5.10 Å². The fraction of sp³-hybridized carbons (Fsp3) is 0.500. The maximum absolute atomic E-state index is 9.25. The van der Waals surface area contributed by atoms with Crippen LogP contribution in [0.4, 0.5) is 5.69 Å². The number of nitrogens with zero attached hydrogens (tertiary/aromatic N) is 2. The molecular formula is C18H27N3O. The highest BCUT2D eigenvalue weighted by molar-refractivity contribution is 5.48. The summed E-state index contributed by atoms with van der Waals surface area (Å²) in [4.78, 5) is 0. The topological polar surface area (TPSA) is 50.1 Å². The van der Waals surface area contributed by atoms with Crippen molar-refractivity contribution in [1.29, 1.82) is 0 Å². The van der Waals surface area contributed by atoms with Gasteiger partial charge in [-0.15, -0.1) is 0 Å². The van der Waals surface area contributed by atoms with Gasteiger partial charge in [-0.05, 0) is 37.3 Å². The van der Waals surface area contributed by atoms with Crippen molar-refractivity contribution in [3.8, 4) is 0 Å². The van der Waals surface area contributed by atoms with Crippen molar-refractivity contribution in [2.75, 3.05) is 5.32 Å². The number of aliphatic hydroxyl groups is 1. The van der Waals surface area contributed by atoms with Crippen LogP contribution >= 0.6 is 0 Å². The summed E-state index contributed by atoms with van der Waals surface area (Å²) in [5, 5.41) is 17.3. The fourth-order valence-corrected chi connectivity index (χ4v) is 2.47. The number of benzene rings is 1. The number of aryl methyl sites for hydroxylation is 1. The van der Waals surface area contributed by atoms with E-state index in [0.717, 1.165) is 24.2 Å². The minimum Gasteiger partial charge on any atom is -0.392 e. The average molecular weight is 301 g/mol. The Morgan fingerprint density at radius 2 is 2.05 bits per heavy atom. The van der Waals surface area contributed by atoms with E-state index >= 15 is 0 Å². The van der Waals surface area contributed by atoms with Crippen molar-refractivity contribution in [1.82, 2.24) is 9.78 Å². The molecule has 0 aliphatic rings. The lowest BCUT2D eigenvalue weighted by molar-refractivity contribution is 0.281. The first-order valence-electron chi connectivity index (χ1n) is 8.00. The van der Waals surface area contributed by atoms with Crippen molar-refractivity contribution in [3.05, 3.63) is 47.3 Å². The highest BCUT2D eigenvalue weighted by Crippen LogP contribution is 2.23. The lowest BCUT2D eigenvalue weighted by Gasteiger charge is -2.16. The van der Waals surface area contributed by atoms with Gasteiger partial charge in [0.15, 0.2) is 0 Å². The number of anilines is 1. The van der Waals surface area contributed by atoms with E-state index in [1.165, 1.54) is 11.3 Å². The van der Waals surface area contributed by atoms with Gasteiger partial charge in [0.2, 0.25) is 0 Å². The van der Waals surface area contributed by atoms with Gasteiger partial charge in [0, 0.05) is 12.6 Å². The first-order chi connectivity index (χ1) is 10.5. The molecule has 1 atom stereocenters. The largest absolute Gasteiger partial charge is 0.392 e. The first kappa shape index (κ1) is 16.6. The number of aromatic nitrogens is 2. The van der Waals surface area contributed by atoms with E-state index in [2.05, 4.69) is 48.9 Å². The van der Waals surface area contributed by atoms with Gasteiger partial charge < -0.3 is 10.4 Å². The molecule has 1 aromatic heterocycles. The average Bonchev–Trinajstić information content (AvgIpc) is 2.85. The number of nitrogens with one attached hydrogen (secondary N) is 1. The minimum atomic E-state index is 0.0761. The Hall–Kier alpha value is -1.81. The smallest absolute Gasteiger partial charge is 0.0760 e. The summed E-state index contributed by atoms with van der Waals surface area (Å²) in [6, 6.07) is 8.21. The van der Waals surface area contributed by atoms with Crippen molar-refractivity contribution in [3.63, 3.8) is 0 Å². The maximum Gasteiger partial charge on any atom is 0.0760 e. The summed E-state index contributed by atoms with van der Waals surface area (Å²) >= 11 is 0. The molecule has 4 heteroatoms. The molecule has 2 rings (SSSR count). The Bertz CT molecular complexity index is 604. The van der Waals surface area contributed by atoms with Gasteiger partial charge in [0.05, 0.1) is 24.2 Å². The molecule has 0 saturated carbocycles. The molecule has 0 aliphatic heterocycles. The third-order valence-electron chi connectivity index (χ3n) is 4.03. The second-order valence-electron chi connectivity index (χ2n) is 6.32. The molecule has 0 saturated heterocycles. The Morgan fingerprint density at radius 1 is 1.27 bits per heavy atom. The number of hydrogen-bond donors (Lipinski definition) is 2. The van der Waals surface area contributed by atoms with Crippen LogP contribution in [-0.2, 0) is 13.2 Å². The fourth-order valence-electron chi connectivity index (χ4n) is 2.47. The molecule has 2 aromatic rings. The van der Waals surface area contributed by atoms with Gasteiger partial charge in [0.25, 0.3) is 0 Å². The van der Waals surface area contributed by atoms with Crippen LogP contribution in [-0.4, -0.2) is 14.9 Å². The quantitative estimate of drug-likeness (QED) is 0.815. The molecule has 2 N–H and O–H groups in total. The molecule has 1 aromatic carbocycles. The molecule has 0 amide bonds. The summed E-state index contributed by atoms with van der Waals surface area (Å²) in [6.07, 6.45) is 3.04. The van der Waals surface area contributed by atoms with E-state index in [0.29, 0.717) is 5.92 Å². The van der Waals surface area contributed by atoms with Crippen LogP contribution in [0.3, 0.4) is 0 Å². The summed E-state index contributed by atoms with van der Waals surface area (Å²) in [5.41, 5.74) is 4.35. The summed E-state index contributed by atoms with van der Waals surface area (Å²) in [6.45, 7) is 9.72. The highest BCUT2D eigenvalue weighted by atomic mass is 16.3. The second-order valence-corrected chi connectivity index (χ2v) is 6.32. The zero-order valence-electron chi connectivity index (χ0n) is 14.0. The molecule has 4 nitrogen and oxygen atoms in total. The molecule has 0 bridgehead atoms. The Morgan fingerprint density at radius 3 is 2.73 bits per heavy atom. The van der Waals surface area contributed by atoms with Crippen LogP contribution in [0.1, 0.15) is 50.1 Å². The normalized spacial score (nSPS) is 12.6. The standard InChI is InChI=1S/C18H27N3O/c1-13(2)8-9-21-15(4)18(11-19-21)20-14(3)17-7-5-6-16(10-17)12-22/h5-7,10-11,13-14,20,22H,8-9,12H2,1-4H3. The third-order valence-corrected chi connectivity index (χ3v) is 4.03. The Labute approximate surface area is 133 Å². The molecule has 0 fully saturated rings. The minimum absolute atomic E-state index is 0.0761. The van der Waals surface area contributed by atoms with Crippen molar-refractivity contribution in [2.24, 2.45) is 5.92 Å². The van der Waals surface area contributed by atoms with Crippen LogP contribution in [0.5, 0.6) is 0 Å². The van der Waals surface area contributed by atoms with Crippen LogP contribution in [0.25, 0.3) is 0 Å². The molecule has 0 radical (unpaired) electrons. The van der Waals surface area contributed by atoms with E-state index in [1.54, 1.807) is 0 Å².